The predicted molar refractivity (Wildman–Crippen MR) is 117 cm³/mol. The highest BCUT2D eigenvalue weighted by Gasteiger charge is 2.24. The molecule has 3 aromatic carbocycles. The van der Waals surface area contributed by atoms with Gasteiger partial charge in [-0.1, -0.05) is 90.1 Å². The number of carbonyl (C=O) groups is 1. The molecule has 0 saturated heterocycles. The zero-order chi connectivity index (χ0) is 20.1. The van der Waals surface area contributed by atoms with Crippen molar-refractivity contribution in [3.63, 3.8) is 0 Å². The minimum atomic E-state index is -0.475. The van der Waals surface area contributed by atoms with E-state index in [-0.39, 0.29) is 5.91 Å². The van der Waals surface area contributed by atoms with Crippen molar-refractivity contribution >= 4 is 23.4 Å². The largest absolute Gasteiger partial charge is 0.325 e. The standard InChI is InChI=1S/C23H20N4OS/c1-16-12-14-19(15-13-16)24-22(28)20(17-8-4-2-5-9-17)29-23-25-21(26-27-23)18-10-6-3-7-11-18/h2-15,20H,1H3,(H,24,28)(H,25,26,27). The summed E-state index contributed by atoms with van der Waals surface area (Å²) in [4.78, 5) is 17.6. The van der Waals surface area contributed by atoms with E-state index in [1.165, 1.54) is 11.8 Å². The van der Waals surface area contributed by atoms with Crippen molar-refractivity contribution < 1.29 is 4.79 Å². The van der Waals surface area contributed by atoms with Crippen molar-refractivity contribution in [1.82, 2.24) is 15.2 Å². The Morgan fingerprint density at radius 3 is 2.28 bits per heavy atom. The number of benzene rings is 3. The molecule has 4 rings (SSSR count). The molecule has 4 aromatic rings. The van der Waals surface area contributed by atoms with Gasteiger partial charge in [-0.05, 0) is 24.6 Å². The highest BCUT2D eigenvalue weighted by molar-refractivity contribution is 8.00. The molecule has 0 aliphatic carbocycles. The van der Waals surface area contributed by atoms with Gasteiger partial charge in [-0.3, -0.25) is 9.89 Å². The van der Waals surface area contributed by atoms with Crippen LogP contribution in [-0.2, 0) is 4.79 Å². The van der Waals surface area contributed by atoms with Gasteiger partial charge >= 0.3 is 0 Å². The second kappa shape index (κ2) is 8.75. The van der Waals surface area contributed by atoms with Crippen LogP contribution >= 0.6 is 11.8 Å². The lowest BCUT2D eigenvalue weighted by Crippen LogP contribution is -2.19. The maximum absolute atomic E-state index is 13.1. The molecular weight excluding hydrogens is 380 g/mol. The number of anilines is 1. The Bertz CT molecular complexity index is 1080. The fraction of sp³-hybridized carbons (Fsp3) is 0.0870. The van der Waals surface area contributed by atoms with Crippen LogP contribution in [-0.4, -0.2) is 21.1 Å². The molecule has 6 heteroatoms. The van der Waals surface area contributed by atoms with E-state index in [2.05, 4.69) is 20.5 Å². The SMILES string of the molecule is Cc1ccc(NC(=O)C(Sc2n[nH]c(-c3ccccc3)n2)c2ccccc2)cc1. The molecule has 0 aliphatic rings. The molecular formula is C23H20N4OS. The summed E-state index contributed by atoms with van der Waals surface area (Å²) in [7, 11) is 0. The van der Waals surface area contributed by atoms with Crippen molar-refractivity contribution in [2.75, 3.05) is 5.32 Å². The Kier molecular flexibility index (Phi) is 5.72. The molecule has 0 aliphatic heterocycles. The Morgan fingerprint density at radius 2 is 1.59 bits per heavy atom. The van der Waals surface area contributed by atoms with Gasteiger partial charge in [-0.2, -0.15) is 0 Å². The molecule has 5 nitrogen and oxygen atoms in total. The third-order valence-electron chi connectivity index (χ3n) is 4.39. The number of nitrogens with one attached hydrogen (secondary N) is 2. The monoisotopic (exact) mass is 400 g/mol. The lowest BCUT2D eigenvalue weighted by atomic mass is 10.1. The molecule has 2 N–H and O–H groups in total. The number of aromatic amines is 1. The third kappa shape index (κ3) is 4.73. The molecule has 1 heterocycles. The van der Waals surface area contributed by atoms with Gasteiger partial charge in [0.25, 0.3) is 0 Å². The van der Waals surface area contributed by atoms with Crippen molar-refractivity contribution in [3.8, 4) is 11.4 Å². The van der Waals surface area contributed by atoms with Crippen LogP contribution in [0.2, 0.25) is 0 Å². The number of carbonyl (C=O) groups excluding carboxylic acids is 1. The smallest absolute Gasteiger partial charge is 0.242 e. The summed E-state index contributed by atoms with van der Waals surface area (Å²) >= 11 is 1.32. The summed E-state index contributed by atoms with van der Waals surface area (Å²) in [6.07, 6.45) is 0. The normalized spacial score (nSPS) is 11.8. The Labute approximate surface area is 173 Å². The molecule has 1 unspecified atom stereocenters. The zero-order valence-electron chi connectivity index (χ0n) is 15.9. The summed E-state index contributed by atoms with van der Waals surface area (Å²) in [5.41, 5.74) is 3.76. The molecule has 1 amide bonds. The minimum absolute atomic E-state index is 0.115. The maximum Gasteiger partial charge on any atom is 0.242 e. The highest BCUT2D eigenvalue weighted by Crippen LogP contribution is 2.35. The molecule has 0 fully saturated rings. The molecule has 1 aromatic heterocycles. The Morgan fingerprint density at radius 1 is 0.931 bits per heavy atom. The molecule has 1 atom stereocenters. The number of amides is 1. The van der Waals surface area contributed by atoms with E-state index >= 15 is 0 Å². The number of thioether (sulfide) groups is 1. The summed E-state index contributed by atoms with van der Waals surface area (Å²) < 4.78 is 0. The van der Waals surface area contributed by atoms with Crippen molar-refractivity contribution in [3.05, 3.63) is 96.1 Å². The first-order valence-corrected chi connectivity index (χ1v) is 10.1. The van der Waals surface area contributed by atoms with Crippen LogP contribution in [0.5, 0.6) is 0 Å². The quantitative estimate of drug-likeness (QED) is 0.434. The van der Waals surface area contributed by atoms with Gasteiger partial charge in [0.05, 0.1) is 0 Å². The lowest BCUT2D eigenvalue weighted by Gasteiger charge is -2.15. The first-order chi connectivity index (χ1) is 14.2. The van der Waals surface area contributed by atoms with E-state index < -0.39 is 5.25 Å². The topological polar surface area (TPSA) is 70.7 Å². The van der Waals surface area contributed by atoms with Crippen molar-refractivity contribution in [2.45, 2.75) is 17.3 Å². The van der Waals surface area contributed by atoms with Gasteiger partial charge in [-0.25, -0.2) is 4.98 Å². The highest BCUT2D eigenvalue weighted by atomic mass is 32.2. The van der Waals surface area contributed by atoms with E-state index in [1.54, 1.807) is 0 Å². The number of nitrogens with zero attached hydrogens (tertiary/aromatic N) is 2. The van der Waals surface area contributed by atoms with Crippen molar-refractivity contribution in [1.29, 1.82) is 0 Å². The van der Waals surface area contributed by atoms with Crippen LogP contribution in [0.4, 0.5) is 5.69 Å². The molecule has 0 radical (unpaired) electrons. The van der Waals surface area contributed by atoms with Gasteiger partial charge in [0.15, 0.2) is 5.82 Å². The van der Waals surface area contributed by atoms with E-state index in [4.69, 9.17) is 0 Å². The number of aryl methyl sites for hydroxylation is 1. The number of aromatic nitrogens is 3. The summed E-state index contributed by atoms with van der Waals surface area (Å²) in [5, 5.41) is 10.3. The fourth-order valence-electron chi connectivity index (χ4n) is 2.88. The van der Waals surface area contributed by atoms with Crippen LogP contribution in [0.15, 0.2) is 90.1 Å². The third-order valence-corrected chi connectivity index (χ3v) is 5.51. The molecule has 0 spiro atoms. The number of rotatable bonds is 6. The van der Waals surface area contributed by atoms with Gasteiger partial charge in [0.1, 0.15) is 5.25 Å². The van der Waals surface area contributed by atoms with Crippen molar-refractivity contribution in [2.24, 2.45) is 0 Å². The zero-order valence-corrected chi connectivity index (χ0v) is 16.7. The first kappa shape index (κ1) is 19.0. The van der Waals surface area contributed by atoms with E-state index in [9.17, 15) is 4.79 Å². The fourth-order valence-corrected chi connectivity index (χ4v) is 3.79. The second-order valence-corrected chi connectivity index (χ2v) is 7.67. The predicted octanol–water partition coefficient (Wildman–Crippen LogP) is 5.25. The van der Waals surface area contributed by atoms with Gasteiger partial charge < -0.3 is 5.32 Å². The first-order valence-electron chi connectivity index (χ1n) is 9.26. The number of H-pyrrole nitrogens is 1. The van der Waals surface area contributed by atoms with Crippen LogP contribution in [0, 0.1) is 6.92 Å². The Hall–Kier alpha value is -3.38. The average molecular weight is 401 g/mol. The van der Waals surface area contributed by atoms with Crippen LogP contribution < -0.4 is 5.32 Å². The van der Waals surface area contributed by atoms with E-state index in [0.717, 1.165) is 22.4 Å². The van der Waals surface area contributed by atoms with Gasteiger partial charge in [0.2, 0.25) is 11.1 Å². The molecule has 0 saturated carbocycles. The maximum atomic E-state index is 13.1. The lowest BCUT2D eigenvalue weighted by molar-refractivity contribution is -0.115. The van der Waals surface area contributed by atoms with Crippen LogP contribution in [0.1, 0.15) is 16.4 Å². The van der Waals surface area contributed by atoms with E-state index in [1.807, 2.05) is 91.9 Å². The summed E-state index contributed by atoms with van der Waals surface area (Å²) in [6.45, 7) is 2.02. The molecule has 0 bridgehead atoms. The summed E-state index contributed by atoms with van der Waals surface area (Å²) in [6, 6.07) is 27.2. The summed E-state index contributed by atoms with van der Waals surface area (Å²) in [5.74, 6) is 0.565. The number of hydrogen-bond donors (Lipinski definition) is 2. The minimum Gasteiger partial charge on any atom is -0.325 e. The molecule has 144 valence electrons. The second-order valence-electron chi connectivity index (χ2n) is 6.60. The number of hydrogen-bond acceptors (Lipinski definition) is 4. The van der Waals surface area contributed by atoms with Gasteiger partial charge in [0, 0.05) is 11.3 Å². The van der Waals surface area contributed by atoms with Crippen LogP contribution in [0.3, 0.4) is 0 Å². The molecule has 29 heavy (non-hydrogen) atoms. The Balaban J connectivity index is 1.57. The average Bonchev–Trinajstić information content (AvgIpc) is 3.24. The van der Waals surface area contributed by atoms with E-state index in [0.29, 0.717) is 11.0 Å². The van der Waals surface area contributed by atoms with Gasteiger partial charge in [-0.15, -0.1) is 5.10 Å². The van der Waals surface area contributed by atoms with Crippen LogP contribution in [0.25, 0.3) is 11.4 Å².